The molecule has 0 saturated heterocycles. The first-order chi connectivity index (χ1) is 12.0. The number of rotatable bonds is 8. The summed E-state index contributed by atoms with van der Waals surface area (Å²) >= 11 is 1.54. The summed E-state index contributed by atoms with van der Waals surface area (Å²) in [5.74, 6) is -0.211. The summed E-state index contributed by atoms with van der Waals surface area (Å²) < 4.78 is 0. The van der Waals surface area contributed by atoms with Crippen molar-refractivity contribution in [2.24, 2.45) is 0 Å². The molecule has 0 unspecified atom stereocenters. The van der Waals surface area contributed by atoms with Gasteiger partial charge in [0.05, 0.1) is 18.5 Å². The average molecular weight is 359 g/mol. The monoisotopic (exact) mass is 359 g/mol. The molecule has 0 spiro atoms. The first-order valence-electron chi connectivity index (χ1n) is 8.26. The van der Waals surface area contributed by atoms with Gasteiger partial charge < -0.3 is 15.5 Å². The molecule has 1 heterocycles. The van der Waals surface area contributed by atoms with Crippen LogP contribution in [0, 0.1) is 0 Å². The van der Waals surface area contributed by atoms with Crippen molar-refractivity contribution in [3.8, 4) is 0 Å². The minimum absolute atomic E-state index is 0.0741. The molecule has 5 nitrogen and oxygen atoms in total. The predicted molar refractivity (Wildman–Crippen MR) is 101 cm³/mol. The van der Waals surface area contributed by atoms with Crippen molar-refractivity contribution in [1.29, 1.82) is 0 Å². The molecule has 1 aromatic carbocycles. The minimum Gasteiger partial charge on any atom is -0.354 e. The smallest absolute Gasteiger partial charge is 0.222 e. The van der Waals surface area contributed by atoms with E-state index in [1.54, 1.807) is 0 Å². The molecule has 134 valence electrons. The molecular formula is C19H25N3O2S. The summed E-state index contributed by atoms with van der Waals surface area (Å²) in [7, 11) is 3.99. The van der Waals surface area contributed by atoms with E-state index >= 15 is 0 Å². The first-order valence-corrected chi connectivity index (χ1v) is 9.14. The fraction of sp³-hybridized carbons (Fsp3) is 0.368. The van der Waals surface area contributed by atoms with Crippen LogP contribution in [0.25, 0.3) is 0 Å². The molecule has 2 atom stereocenters. The number of nitrogens with zero attached hydrogens (tertiary/aromatic N) is 1. The second kappa shape index (κ2) is 9.34. The van der Waals surface area contributed by atoms with Gasteiger partial charge in [0.15, 0.2) is 0 Å². The third-order valence-electron chi connectivity index (χ3n) is 3.95. The Morgan fingerprint density at radius 1 is 1.12 bits per heavy atom. The Bertz CT molecular complexity index is 671. The molecule has 6 heteroatoms. The Hall–Kier alpha value is -2.18. The highest BCUT2D eigenvalue weighted by Gasteiger charge is 2.20. The predicted octanol–water partition coefficient (Wildman–Crippen LogP) is 2.73. The molecule has 0 aliphatic heterocycles. The van der Waals surface area contributed by atoms with E-state index < -0.39 is 0 Å². The number of carbonyl (C=O) groups excluding carboxylic acids is 2. The zero-order valence-corrected chi connectivity index (χ0v) is 15.7. The maximum atomic E-state index is 12.4. The average Bonchev–Trinajstić information content (AvgIpc) is 3.09. The van der Waals surface area contributed by atoms with E-state index in [1.807, 2.05) is 49.8 Å². The Labute approximate surface area is 153 Å². The van der Waals surface area contributed by atoms with Crippen molar-refractivity contribution in [3.63, 3.8) is 0 Å². The molecule has 0 fully saturated rings. The zero-order valence-electron chi connectivity index (χ0n) is 14.9. The van der Waals surface area contributed by atoms with E-state index in [0.717, 1.165) is 10.4 Å². The maximum absolute atomic E-state index is 12.4. The summed E-state index contributed by atoms with van der Waals surface area (Å²) in [5, 5.41) is 7.80. The van der Waals surface area contributed by atoms with Crippen LogP contribution in [-0.2, 0) is 9.59 Å². The molecule has 0 saturated carbocycles. The highest BCUT2D eigenvalue weighted by Crippen LogP contribution is 2.22. The van der Waals surface area contributed by atoms with Gasteiger partial charge in [0.1, 0.15) is 0 Å². The Morgan fingerprint density at radius 3 is 2.40 bits per heavy atom. The summed E-state index contributed by atoms with van der Waals surface area (Å²) in [5.41, 5.74) is 1.16. The van der Waals surface area contributed by atoms with Gasteiger partial charge in [-0.05, 0) is 31.1 Å². The lowest BCUT2D eigenvalue weighted by Gasteiger charge is -2.25. The van der Waals surface area contributed by atoms with Crippen LogP contribution in [0.15, 0.2) is 47.8 Å². The molecule has 2 N–H and O–H groups in total. The molecule has 1 aromatic heterocycles. The fourth-order valence-corrected chi connectivity index (χ4v) is 3.48. The van der Waals surface area contributed by atoms with Gasteiger partial charge in [0.2, 0.25) is 11.8 Å². The second-order valence-corrected chi connectivity index (χ2v) is 7.15. The number of amides is 2. The van der Waals surface area contributed by atoms with E-state index in [2.05, 4.69) is 27.7 Å². The Balaban J connectivity index is 1.96. The van der Waals surface area contributed by atoms with Crippen LogP contribution in [-0.4, -0.2) is 37.4 Å². The van der Waals surface area contributed by atoms with Crippen LogP contribution in [0.3, 0.4) is 0 Å². The van der Waals surface area contributed by atoms with E-state index in [1.165, 1.54) is 18.3 Å². The number of thiophene rings is 1. The summed E-state index contributed by atoms with van der Waals surface area (Å²) in [6, 6.07) is 13.8. The third kappa shape index (κ3) is 5.99. The van der Waals surface area contributed by atoms with Crippen molar-refractivity contribution in [2.75, 3.05) is 20.6 Å². The van der Waals surface area contributed by atoms with Crippen molar-refractivity contribution >= 4 is 23.2 Å². The molecule has 25 heavy (non-hydrogen) atoms. The van der Waals surface area contributed by atoms with Crippen LogP contribution < -0.4 is 10.6 Å². The van der Waals surface area contributed by atoms with Crippen LogP contribution in [0.4, 0.5) is 0 Å². The summed E-state index contributed by atoms with van der Waals surface area (Å²) in [6.45, 7) is 1.99. The van der Waals surface area contributed by atoms with Gasteiger partial charge in [0.25, 0.3) is 0 Å². The largest absolute Gasteiger partial charge is 0.354 e. The van der Waals surface area contributed by atoms with Gasteiger partial charge in [-0.15, -0.1) is 11.3 Å². The number of likely N-dealkylation sites (N-methyl/N-ethyl adjacent to an activating group) is 1. The van der Waals surface area contributed by atoms with Crippen LogP contribution in [0.1, 0.15) is 35.9 Å². The van der Waals surface area contributed by atoms with Gasteiger partial charge in [0, 0.05) is 18.3 Å². The molecule has 2 aromatic rings. The highest BCUT2D eigenvalue weighted by molar-refractivity contribution is 7.10. The molecule has 2 rings (SSSR count). The summed E-state index contributed by atoms with van der Waals surface area (Å²) in [6.07, 6.45) is 0.231. The van der Waals surface area contributed by atoms with Gasteiger partial charge in [-0.3, -0.25) is 9.59 Å². The topological polar surface area (TPSA) is 61.4 Å². The van der Waals surface area contributed by atoms with Gasteiger partial charge in [-0.25, -0.2) is 0 Å². The van der Waals surface area contributed by atoms with Crippen molar-refractivity contribution in [3.05, 3.63) is 58.3 Å². The third-order valence-corrected chi connectivity index (χ3v) is 4.94. The lowest BCUT2D eigenvalue weighted by atomic mass is 10.1. The standard InChI is InChI=1S/C19H25N3O2S/c1-14(23)21-16(18-10-7-11-25-18)12-19(24)20-13-17(22(2)3)15-8-5-4-6-9-15/h4-11,16-17H,12-13H2,1-3H3,(H,20,24)(H,21,23)/t16-,17+/m0/s1. The Morgan fingerprint density at radius 2 is 1.84 bits per heavy atom. The molecule has 0 aliphatic rings. The fourth-order valence-electron chi connectivity index (χ4n) is 2.70. The lowest BCUT2D eigenvalue weighted by molar-refractivity contribution is -0.122. The number of hydrogen-bond donors (Lipinski definition) is 2. The molecule has 2 amide bonds. The quantitative estimate of drug-likeness (QED) is 0.762. The normalized spacial score (nSPS) is 13.3. The Kier molecular flexibility index (Phi) is 7.16. The van der Waals surface area contributed by atoms with Crippen molar-refractivity contribution in [1.82, 2.24) is 15.5 Å². The lowest BCUT2D eigenvalue weighted by Crippen LogP contribution is -2.37. The van der Waals surface area contributed by atoms with Crippen LogP contribution >= 0.6 is 11.3 Å². The first kappa shape index (κ1) is 19.1. The number of carbonyl (C=O) groups is 2. The number of hydrogen-bond acceptors (Lipinski definition) is 4. The van der Waals surface area contributed by atoms with Gasteiger partial charge in [-0.1, -0.05) is 36.4 Å². The van der Waals surface area contributed by atoms with E-state index in [9.17, 15) is 9.59 Å². The van der Waals surface area contributed by atoms with Crippen molar-refractivity contribution < 1.29 is 9.59 Å². The van der Waals surface area contributed by atoms with Gasteiger partial charge >= 0.3 is 0 Å². The SMILES string of the molecule is CC(=O)N[C@@H](CC(=O)NC[C@H](c1ccccc1)N(C)C)c1cccs1. The van der Waals surface area contributed by atoms with E-state index in [0.29, 0.717) is 6.54 Å². The van der Waals surface area contributed by atoms with E-state index in [-0.39, 0.29) is 30.3 Å². The molecule has 0 aliphatic carbocycles. The minimum atomic E-state index is -0.285. The molecule has 0 radical (unpaired) electrons. The van der Waals surface area contributed by atoms with E-state index in [4.69, 9.17) is 0 Å². The van der Waals surface area contributed by atoms with Crippen molar-refractivity contribution in [2.45, 2.75) is 25.4 Å². The van der Waals surface area contributed by atoms with Crippen LogP contribution in [0.5, 0.6) is 0 Å². The molecular weight excluding hydrogens is 334 g/mol. The molecule has 0 bridgehead atoms. The van der Waals surface area contributed by atoms with Crippen LogP contribution in [0.2, 0.25) is 0 Å². The second-order valence-electron chi connectivity index (χ2n) is 6.17. The summed E-state index contributed by atoms with van der Waals surface area (Å²) in [4.78, 5) is 26.9. The number of nitrogens with one attached hydrogen (secondary N) is 2. The van der Waals surface area contributed by atoms with Gasteiger partial charge in [-0.2, -0.15) is 0 Å². The highest BCUT2D eigenvalue weighted by atomic mass is 32.1. The maximum Gasteiger partial charge on any atom is 0.222 e. The zero-order chi connectivity index (χ0) is 18.2. The number of benzene rings is 1.